The Morgan fingerprint density at radius 2 is 1.59 bits per heavy atom. The molecule has 0 radical (unpaired) electrons. The summed E-state index contributed by atoms with van der Waals surface area (Å²) in [6, 6.07) is 17.3. The van der Waals surface area contributed by atoms with Crippen LogP contribution in [0.3, 0.4) is 0 Å². The molecule has 3 heterocycles. The van der Waals surface area contributed by atoms with Gasteiger partial charge in [-0.2, -0.15) is 0 Å². The molecule has 9 heteroatoms. The fraction of sp³-hybridized carbons (Fsp3) is 0.562. The molecule has 0 spiro atoms. The van der Waals surface area contributed by atoms with Gasteiger partial charge in [0.1, 0.15) is 11.6 Å². The summed E-state index contributed by atoms with van der Waals surface area (Å²) in [6.45, 7) is 10.3. The number of piperazine rings is 1. The Hall–Kier alpha value is -2.00. The van der Waals surface area contributed by atoms with Crippen LogP contribution in [0.2, 0.25) is 5.02 Å². The van der Waals surface area contributed by atoms with Crippen molar-refractivity contribution in [2.24, 2.45) is 5.92 Å². The molecule has 1 unspecified atom stereocenters. The van der Waals surface area contributed by atoms with Crippen LogP contribution in [0.15, 0.2) is 48.5 Å². The van der Waals surface area contributed by atoms with E-state index in [0.29, 0.717) is 17.3 Å². The van der Waals surface area contributed by atoms with Gasteiger partial charge in [0, 0.05) is 74.2 Å². The fourth-order valence-electron chi connectivity index (χ4n) is 6.72. The molecule has 1 aliphatic carbocycles. The Kier molecular flexibility index (Phi) is 9.92. The quantitative estimate of drug-likeness (QED) is 0.319. The zero-order valence-corrected chi connectivity index (χ0v) is 25.4. The van der Waals surface area contributed by atoms with E-state index in [1.54, 1.807) is 0 Å². The maximum absolute atomic E-state index is 6.49. The second kappa shape index (κ2) is 14.0. The van der Waals surface area contributed by atoms with Gasteiger partial charge in [0.15, 0.2) is 0 Å². The van der Waals surface area contributed by atoms with Crippen molar-refractivity contribution in [3.05, 3.63) is 64.9 Å². The molecule has 220 valence electrons. The molecule has 0 amide bonds. The van der Waals surface area contributed by atoms with Gasteiger partial charge in [-0.05, 0) is 61.4 Å². The number of halogens is 2. The number of alkyl halides is 1. The monoisotopic (exact) mass is 596 g/mol. The van der Waals surface area contributed by atoms with Gasteiger partial charge in [-0.15, -0.1) is 11.6 Å². The van der Waals surface area contributed by atoms with Gasteiger partial charge in [-0.25, -0.2) is 9.97 Å². The third-order valence-corrected chi connectivity index (χ3v) is 9.69. The molecule has 1 saturated carbocycles. The van der Waals surface area contributed by atoms with Crippen molar-refractivity contribution in [2.45, 2.75) is 43.6 Å². The zero-order chi connectivity index (χ0) is 28.0. The molecule has 3 aliphatic rings. The molecular weight excluding hydrogens is 555 g/mol. The summed E-state index contributed by atoms with van der Waals surface area (Å²) >= 11 is 12.7. The van der Waals surface area contributed by atoms with Gasteiger partial charge in [-0.3, -0.25) is 14.7 Å². The highest BCUT2D eigenvalue weighted by atomic mass is 35.5. The van der Waals surface area contributed by atoms with Crippen molar-refractivity contribution in [3.8, 4) is 0 Å². The number of rotatable bonds is 9. The number of ether oxygens (including phenoxy) is 1. The number of benzene rings is 2. The predicted molar refractivity (Wildman–Crippen MR) is 168 cm³/mol. The summed E-state index contributed by atoms with van der Waals surface area (Å²) in [7, 11) is 0. The summed E-state index contributed by atoms with van der Waals surface area (Å²) in [5, 5.41) is 5.83. The van der Waals surface area contributed by atoms with E-state index in [1.807, 2.05) is 12.1 Å². The third kappa shape index (κ3) is 7.51. The topological polar surface area (TPSA) is 56.8 Å². The number of hydrogen-bond acceptors (Lipinski definition) is 7. The standard InChI is InChI=1S/C32H42Cl2N6O/c33-26-9-5-24(6-10-26)31(25-7-11-27(34)12-8-25)40-17-15-39(16-18-40)23-30-36-29-4-2-1-3-28(29)32(37-30)35-13-14-38-19-21-41-22-20-38/h1-6,9-10,25,27,31H,7-8,11-23H2,(H,35,36,37). The molecular formula is C32H42Cl2N6O. The van der Waals surface area contributed by atoms with Gasteiger partial charge < -0.3 is 10.1 Å². The Morgan fingerprint density at radius 3 is 2.34 bits per heavy atom. The average molecular weight is 598 g/mol. The summed E-state index contributed by atoms with van der Waals surface area (Å²) in [5.74, 6) is 2.46. The Labute approximate surface area is 254 Å². The first-order valence-electron chi connectivity index (χ1n) is 15.3. The highest BCUT2D eigenvalue weighted by Crippen LogP contribution is 2.40. The largest absolute Gasteiger partial charge is 0.379 e. The van der Waals surface area contributed by atoms with Crippen molar-refractivity contribution in [3.63, 3.8) is 0 Å². The normalized spacial score (nSPS) is 24.0. The first-order valence-corrected chi connectivity index (χ1v) is 16.1. The molecule has 1 N–H and O–H groups in total. The number of fused-ring (bicyclic) bond motifs is 1. The van der Waals surface area contributed by atoms with E-state index in [1.165, 1.54) is 18.4 Å². The van der Waals surface area contributed by atoms with E-state index in [2.05, 4.69) is 56.4 Å². The molecule has 1 aromatic heterocycles. The summed E-state index contributed by atoms with van der Waals surface area (Å²) < 4.78 is 5.49. The second-order valence-electron chi connectivity index (χ2n) is 11.7. The Bertz CT molecular complexity index is 1250. The van der Waals surface area contributed by atoms with Crippen molar-refractivity contribution < 1.29 is 4.74 Å². The van der Waals surface area contributed by atoms with E-state index in [9.17, 15) is 0 Å². The lowest BCUT2D eigenvalue weighted by atomic mass is 9.80. The maximum Gasteiger partial charge on any atom is 0.145 e. The molecule has 2 aliphatic heterocycles. The second-order valence-corrected chi connectivity index (χ2v) is 12.8. The van der Waals surface area contributed by atoms with E-state index >= 15 is 0 Å². The molecule has 41 heavy (non-hydrogen) atoms. The van der Waals surface area contributed by atoms with Crippen LogP contribution in [0.25, 0.3) is 10.9 Å². The number of nitrogens with zero attached hydrogens (tertiary/aromatic N) is 5. The fourth-order valence-corrected chi connectivity index (χ4v) is 7.10. The number of aromatic nitrogens is 2. The van der Waals surface area contributed by atoms with Crippen molar-refractivity contribution in [1.82, 2.24) is 24.7 Å². The van der Waals surface area contributed by atoms with Crippen LogP contribution in [0.5, 0.6) is 0 Å². The van der Waals surface area contributed by atoms with Crippen molar-refractivity contribution in [1.29, 1.82) is 0 Å². The first kappa shape index (κ1) is 29.1. The predicted octanol–water partition coefficient (Wildman–Crippen LogP) is 5.68. The van der Waals surface area contributed by atoms with Gasteiger partial charge >= 0.3 is 0 Å². The Morgan fingerprint density at radius 1 is 0.854 bits per heavy atom. The number of morpholine rings is 1. The molecule has 1 atom stereocenters. The van der Waals surface area contributed by atoms with E-state index < -0.39 is 0 Å². The van der Waals surface area contributed by atoms with E-state index in [4.69, 9.17) is 37.9 Å². The van der Waals surface area contributed by atoms with Gasteiger partial charge in [0.05, 0.1) is 25.3 Å². The first-order chi connectivity index (χ1) is 20.1. The maximum atomic E-state index is 6.49. The SMILES string of the molecule is Clc1ccc(C(C2CCC(Cl)CC2)N2CCN(Cc3nc(NCCN4CCOCC4)c4ccccc4n3)CC2)cc1. The van der Waals surface area contributed by atoms with Crippen LogP contribution >= 0.6 is 23.2 Å². The van der Waals surface area contributed by atoms with E-state index in [0.717, 1.165) is 113 Å². The average Bonchev–Trinajstić information content (AvgIpc) is 3.00. The van der Waals surface area contributed by atoms with Crippen LogP contribution < -0.4 is 5.32 Å². The number of nitrogens with one attached hydrogen (secondary N) is 1. The smallest absolute Gasteiger partial charge is 0.145 e. The van der Waals surface area contributed by atoms with Gasteiger partial charge in [0.25, 0.3) is 0 Å². The van der Waals surface area contributed by atoms with Crippen LogP contribution in [-0.2, 0) is 11.3 Å². The molecule has 0 bridgehead atoms. The van der Waals surface area contributed by atoms with Crippen LogP contribution in [0, 0.1) is 5.92 Å². The molecule has 2 saturated heterocycles. The molecule has 3 fully saturated rings. The van der Waals surface area contributed by atoms with Gasteiger partial charge in [0.2, 0.25) is 0 Å². The number of hydrogen-bond donors (Lipinski definition) is 1. The van der Waals surface area contributed by atoms with E-state index in [-0.39, 0.29) is 0 Å². The summed E-state index contributed by atoms with van der Waals surface area (Å²) in [6.07, 6.45) is 4.60. The highest BCUT2D eigenvalue weighted by molar-refractivity contribution is 6.30. The highest BCUT2D eigenvalue weighted by Gasteiger charge is 2.34. The van der Waals surface area contributed by atoms with Gasteiger partial charge in [-0.1, -0.05) is 35.9 Å². The number of para-hydroxylation sites is 1. The minimum atomic E-state index is 0.328. The minimum Gasteiger partial charge on any atom is -0.379 e. The molecule has 7 nitrogen and oxygen atoms in total. The van der Waals surface area contributed by atoms with Crippen LogP contribution in [0.4, 0.5) is 5.82 Å². The lowest BCUT2D eigenvalue weighted by Gasteiger charge is -2.44. The molecule has 2 aromatic carbocycles. The molecule has 3 aromatic rings. The summed E-state index contributed by atoms with van der Waals surface area (Å²) in [5.41, 5.74) is 2.38. The third-order valence-electron chi connectivity index (χ3n) is 9.00. The van der Waals surface area contributed by atoms with Crippen molar-refractivity contribution in [2.75, 3.05) is 70.9 Å². The summed E-state index contributed by atoms with van der Waals surface area (Å²) in [4.78, 5) is 17.6. The van der Waals surface area contributed by atoms with Crippen LogP contribution in [-0.4, -0.2) is 95.6 Å². The van der Waals surface area contributed by atoms with Crippen molar-refractivity contribution >= 4 is 39.9 Å². The minimum absolute atomic E-state index is 0.328. The number of anilines is 1. The lowest BCUT2D eigenvalue weighted by Crippen LogP contribution is -2.49. The van der Waals surface area contributed by atoms with Crippen LogP contribution in [0.1, 0.15) is 43.1 Å². The lowest BCUT2D eigenvalue weighted by molar-refractivity contribution is 0.0398. The molecule has 6 rings (SSSR count). The Balaban J connectivity index is 1.11. The zero-order valence-electron chi connectivity index (χ0n) is 23.9.